The Balaban J connectivity index is -0.000000187. The Hall–Kier alpha value is -0.916. The van der Waals surface area contributed by atoms with Gasteiger partial charge in [0.25, 0.3) is 0 Å². The van der Waals surface area contributed by atoms with Gasteiger partial charge < -0.3 is 5.32 Å². The van der Waals surface area contributed by atoms with E-state index in [2.05, 4.69) is 29.1 Å². The van der Waals surface area contributed by atoms with E-state index in [1.54, 1.807) is 6.07 Å². The minimum Gasteiger partial charge on any atom is -0.368 e. The standard InChI is InChI=1S/C9H11F.C8H13N3O2S.3CH4.Y/c1-7(2)8-3-5-9(10)6-4-8;1-6(2)10-7-4-5-9-8(11-7)14(3,12)13;;;;/h3-7H,1-2H3;4-6H,1-3H3,(H,9,10,11);3*1H4;. The summed E-state index contributed by atoms with van der Waals surface area (Å²) in [5.74, 6) is 0.848. The Morgan fingerprint density at radius 2 is 1.46 bits per heavy atom. The number of sulfone groups is 1. The second-order valence-electron chi connectivity index (χ2n) is 6.00. The Morgan fingerprint density at radius 1 is 0.964 bits per heavy atom. The number of nitrogens with zero attached hydrogens (tertiary/aromatic N) is 2. The Morgan fingerprint density at radius 3 is 1.86 bits per heavy atom. The summed E-state index contributed by atoms with van der Waals surface area (Å²) in [6.07, 6.45) is 2.51. The molecule has 1 N–H and O–H groups in total. The third-order valence-corrected chi connectivity index (χ3v) is 3.80. The Bertz CT molecular complexity index is 752. The smallest absolute Gasteiger partial charge is 0.248 e. The molecule has 0 amide bonds. The van der Waals surface area contributed by atoms with Crippen molar-refractivity contribution >= 4 is 15.7 Å². The van der Waals surface area contributed by atoms with Crippen molar-refractivity contribution in [2.45, 2.75) is 67.1 Å². The van der Waals surface area contributed by atoms with Gasteiger partial charge in [-0.2, -0.15) is 0 Å². The van der Waals surface area contributed by atoms with Crippen LogP contribution in [0.25, 0.3) is 0 Å². The number of hydrogen-bond acceptors (Lipinski definition) is 5. The average Bonchev–Trinajstić information content (AvgIpc) is 2.47. The number of rotatable bonds is 4. The molecule has 0 fully saturated rings. The molecule has 1 aromatic heterocycles. The van der Waals surface area contributed by atoms with Gasteiger partial charge in [-0.25, -0.2) is 22.8 Å². The van der Waals surface area contributed by atoms with Gasteiger partial charge in [0.1, 0.15) is 11.6 Å². The summed E-state index contributed by atoms with van der Waals surface area (Å²) < 4.78 is 34.6. The van der Waals surface area contributed by atoms with Gasteiger partial charge >= 0.3 is 0 Å². The quantitative estimate of drug-likeness (QED) is 0.569. The molecule has 5 nitrogen and oxygen atoms in total. The third-order valence-electron chi connectivity index (χ3n) is 2.94. The minimum absolute atomic E-state index is 0. The van der Waals surface area contributed by atoms with Crippen LogP contribution in [0, 0.1) is 5.82 Å². The SMILES string of the molecule is C.C.C.CC(C)Nc1ccnc(S(C)(=O)=O)n1.CC(C)c1ccc(F)cc1.[Y]. The molecule has 1 radical (unpaired) electrons. The summed E-state index contributed by atoms with van der Waals surface area (Å²) in [6.45, 7) is 8.07. The fourth-order valence-corrected chi connectivity index (χ4v) is 2.26. The zero-order valence-electron chi connectivity index (χ0n) is 15.2. The third kappa shape index (κ3) is 13.3. The summed E-state index contributed by atoms with van der Waals surface area (Å²) in [6, 6.07) is 8.47. The van der Waals surface area contributed by atoms with Gasteiger partial charge in [0.2, 0.25) is 15.0 Å². The van der Waals surface area contributed by atoms with Gasteiger partial charge in [-0.3, -0.25) is 0 Å². The van der Waals surface area contributed by atoms with Crippen LogP contribution >= 0.6 is 0 Å². The van der Waals surface area contributed by atoms with E-state index in [1.165, 1.54) is 23.9 Å². The maximum Gasteiger partial charge on any atom is 0.248 e. The fourth-order valence-electron chi connectivity index (χ4n) is 1.74. The molecular weight excluding hydrogens is 454 g/mol. The van der Waals surface area contributed by atoms with Crippen LogP contribution in [-0.4, -0.2) is 30.7 Å². The van der Waals surface area contributed by atoms with Gasteiger partial charge in [-0.05, 0) is 43.5 Å². The number of anilines is 1. The minimum atomic E-state index is -3.32. The van der Waals surface area contributed by atoms with E-state index in [1.807, 2.05) is 26.0 Å². The molecule has 0 bridgehead atoms. The Kier molecular flexibility index (Phi) is 19.7. The molecule has 28 heavy (non-hydrogen) atoms. The molecule has 159 valence electrons. The largest absolute Gasteiger partial charge is 0.368 e. The van der Waals surface area contributed by atoms with Crippen LogP contribution in [0.15, 0.2) is 41.7 Å². The van der Waals surface area contributed by atoms with E-state index < -0.39 is 9.84 Å². The van der Waals surface area contributed by atoms with Gasteiger partial charge in [0, 0.05) is 51.2 Å². The number of halogens is 1. The number of aromatic nitrogens is 2. The van der Waals surface area contributed by atoms with Crippen molar-refractivity contribution in [3.8, 4) is 0 Å². The summed E-state index contributed by atoms with van der Waals surface area (Å²) >= 11 is 0. The maximum absolute atomic E-state index is 12.4. The molecule has 1 heterocycles. The van der Waals surface area contributed by atoms with E-state index in [9.17, 15) is 12.8 Å². The predicted octanol–water partition coefficient (Wildman–Crippen LogP) is 5.56. The molecule has 0 aliphatic heterocycles. The second-order valence-corrected chi connectivity index (χ2v) is 7.91. The van der Waals surface area contributed by atoms with Crippen LogP contribution in [0.5, 0.6) is 0 Å². The fraction of sp³-hybridized carbons (Fsp3) is 0.500. The first-order chi connectivity index (χ1) is 11.1. The van der Waals surface area contributed by atoms with E-state index in [0.29, 0.717) is 11.7 Å². The molecule has 0 aliphatic carbocycles. The van der Waals surface area contributed by atoms with Crippen molar-refractivity contribution in [2.75, 3.05) is 11.6 Å². The van der Waals surface area contributed by atoms with Crippen LogP contribution in [0.1, 0.15) is 61.5 Å². The van der Waals surface area contributed by atoms with Crippen molar-refractivity contribution < 1.29 is 45.5 Å². The first-order valence-corrected chi connectivity index (χ1v) is 9.54. The normalized spacial score (nSPS) is 9.57. The van der Waals surface area contributed by atoms with Crippen molar-refractivity contribution in [3.63, 3.8) is 0 Å². The monoisotopic (exact) mass is 490 g/mol. The van der Waals surface area contributed by atoms with Gasteiger partial charge in [-0.15, -0.1) is 0 Å². The maximum atomic E-state index is 12.4. The molecule has 0 saturated heterocycles. The molecular formula is C20H36FN3O2SY. The second kappa shape index (κ2) is 15.9. The molecule has 2 aromatic rings. The molecule has 0 spiro atoms. The molecule has 8 heteroatoms. The van der Waals surface area contributed by atoms with Crippen molar-refractivity contribution in [1.29, 1.82) is 0 Å². The zero-order chi connectivity index (χ0) is 18.3. The predicted molar refractivity (Wildman–Crippen MR) is 115 cm³/mol. The van der Waals surface area contributed by atoms with E-state index in [4.69, 9.17) is 0 Å². The molecule has 0 unspecified atom stereocenters. The molecule has 1 aromatic carbocycles. The van der Waals surface area contributed by atoms with Crippen LogP contribution in [-0.2, 0) is 42.5 Å². The van der Waals surface area contributed by atoms with Crippen molar-refractivity contribution in [3.05, 3.63) is 47.9 Å². The number of nitrogens with one attached hydrogen (secondary N) is 1. The van der Waals surface area contributed by atoms with Crippen LogP contribution in [0.4, 0.5) is 10.2 Å². The average molecular weight is 490 g/mol. The zero-order valence-corrected chi connectivity index (χ0v) is 18.8. The Labute approximate surface area is 196 Å². The molecule has 0 aliphatic rings. The van der Waals surface area contributed by atoms with Gasteiger partial charge in [0.15, 0.2) is 0 Å². The van der Waals surface area contributed by atoms with Crippen LogP contribution in [0.3, 0.4) is 0 Å². The van der Waals surface area contributed by atoms with E-state index >= 15 is 0 Å². The van der Waals surface area contributed by atoms with Crippen molar-refractivity contribution in [1.82, 2.24) is 9.97 Å². The molecule has 0 atom stereocenters. The van der Waals surface area contributed by atoms with E-state index in [0.717, 1.165) is 6.26 Å². The molecule has 2 rings (SSSR count). The van der Waals surface area contributed by atoms with Gasteiger partial charge in [-0.1, -0.05) is 48.3 Å². The topological polar surface area (TPSA) is 72.0 Å². The number of hydrogen-bond donors (Lipinski definition) is 1. The molecule has 0 saturated carbocycles. The summed E-state index contributed by atoms with van der Waals surface area (Å²) in [4.78, 5) is 7.55. The summed E-state index contributed by atoms with van der Waals surface area (Å²) in [5, 5.41) is 2.85. The summed E-state index contributed by atoms with van der Waals surface area (Å²) in [7, 11) is -3.32. The van der Waals surface area contributed by atoms with Crippen LogP contribution in [0.2, 0.25) is 0 Å². The van der Waals surface area contributed by atoms with Crippen molar-refractivity contribution in [2.24, 2.45) is 0 Å². The number of benzene rings is 1. The van der Waals surface area contributed by atoms with Crippen LogP contribution < -0.4 is 5.32 Å². The van der Waals surface area contributed by atoms with E-state index in [-0.39, 0.29) is 72.0 Å². The first kappa shape index (κ1) is 34.6. The summed E-state index contributed by atoms with van der Waals surface area (Å²) in [5.41, 5.74) is 1.18. The van der Waals surface area contributed by atoms with Gasteiger partial charge in [0.05, 0.1) is 0 Å². The first-order valence-electron chi connectivity index (χ1n) is 7.64.